The Morgan fingerprint density at radius 1 is 0.588 bits per heavy atom. The van der Waals surface area contributed by atoms with Gasteiger partial charge in [0.1, 0.15) is 0 Å². The molecule has 0 spiro atoms. The van der Waals surface area contributed by atoms with Gasteiger partial charge in [-0.05, 0) is 0 Å². The summed E-state index contributed by atoms with van der Waals surface area (Å²) in [6, 6.07) is 4.00. The molecule has 3 aromatic heterocycles. The van der Waals surface area contributed by atoms with E-state index in [9.17, 15) is 14.4 Å². The Labute approximate surface area is 204 Å². The Bertz CT molecular complexity index is 1120. The predicted octanol–water partition coefficient (Wildman–Crippen LogP) is -1.43. The number of nitrogens with zero attached hydrogens (tertiary/aromatic N) is 3. The molecule has 0 aliphatic rings. The van der Waals surface area contributed by atoms with E-state index in [0.717, 1.165) is 0 Å². The van der Waals surface area contributed by atoms with E-state index in [1.54, 1.807) is 32.3 Å². The molecule has 0 unspecified atom stereocenters. The van der Waals surface area contributed by atoms with Gasteiger partial charge >= 0.3 is 205 Å². The molecule has 0 atom stereocenters. The molecule has 0 saturated heterocycles. The second-order valence-electron chi connectivity index (χ2n) is 7.24. The van der Waals surface area contributed by atoms with Crippen LogP contribution in [0.25, 0.3) is 0 Å². The number of rotatable bonds is 12. The standard InChI is InChI=1S/3C7H10N2O2.In/c3*8-2-4-9-3-1-6(10)7(11)5-9;/h3*1,3,5,11H,2,4,8H2;/q;;;+3/p-3. The fourth-order valence-electron chi connectivity index (χ4n) is 3.02. The molecule has 0 aromatic carbocycles. The van der Waals surface area contributed by atoms with Crippen LogP contribution in [0.3, 0.4) is 0 Å². The van der Waals surface area contributed by atoms with Gasteiger partial charge in [0.05, 0.1) is 0 Å². The molecule has 180 valence electrons. The number of hydrogen-bond donors (Lipinski definition) is 3. The summed E-state index contributed by atoms with van der Waals surface area (Å²) in [6.07, 6.45) is 9.21. The third kappa shape index (κ3) is 7.00. The van der Waals surface area contributed by atoms with E-state index in [-0.39, 0.29) is 17.2 Å². The van der Waals surface area contributed by atoms with Crippen LogP contribution in [0.4, 0.5) is 0 Å². The monoisotopic (exact) mass is 574 g/mol. The summed E-state index contributed by atoms with van der Waals surface area (Å²) < 4.78 is 22.7. The molecule has 12 nitrogen and oxygen atoms in total. The van der Waals surface area contributed by atoms with Gasteiger partial charge in [-0.15, -0.1) is 0 Å². The first kappa shape index (κ1) is 25.6. The topological polar surface area (TPSA) is 172 Å². The van der Waals surface area contributed by atoms with Gasteiger partial charge in [-0.2, -0.15) is 0 Å². The molecule has 0 fully saturated rings. The fraction of sp³-hybridized carbons (Fsp3) is 0.286. The zero-order valence-electron chi connectivity index (χ0n) is 18.5. The van der Waals surface area contributed by atoms with Gasteiger partial charge in [-0.3, -0.25) is 0 Å². The zero-order chi connectivity index (χ0) is 24.5. The maximum atomic E-state index is 12.4. The molecule has 34 heavy (non-hydrogen) atoms. The van der Waals surface area contributed by atoms with Crippen LogP contribution in [0.5, 0.6) is 17.2 Å². The van der Waals surface area contributed by atoms with E-state index in [4.69, 9.17) is 25.8 Å². The summed E-state index contributed by atoms with van der Waals surface area (Å²) in [5.74, 6) is -0.0606. The van der Waals surface area contributed by atoms with E-state index in [1.165, 1.54) is 36.8 Å². The molecular formula is C21H27InN6O6. The fourth-order valence-corrected chi connectivity index (χ4v) is 6.72. The van der Waals surface area contributed by atoms with Gasteiger partial charge in [0.2, 0.25) is 0 Å². The van der Waals surface area contributed by atoms with E-state index < -0.39 is 39.0 Å². The predicted molar refractivity (Wildman–Crippen MR) is 127 cm³/mol. The average molecular weight is 574 g/mol. The van der Waals surface area contributed by atoms with Crippen molar-refractivity contribution in [1.82, 2.24) is 13.7 Å². The molecule has 3 aromatic rings. The third-order valence-electron chi connectivity index (χ3n) is 4.66. The van der Waals surface area contributed by atoms with Crippen molar-refractivity contribution in [3.05, 3.63) is 86.1 Å². The summed E-state index contributed by atoms with van der Waals surface area (Å²) in [7, 11) is 0. The molecule has 0 aliphatic heterocycles. The van der Waals surface area contributed by atoms with Crippen LogP contribution >= 0.6 is 0 Å². The number of nitrogens with two attached hydrogens (primary N) is 3. The van der Waals surface area contributed by atoms with Crippen molar-refractivity contribution in [1.29, 1.82) is 0 Å². The quantitative estimate of drug-likeness (QED) is 0.235. The van der Waals surface area contributed by atoms with Crippen molar-refractivity contribution >= 4 is 22.7 Å². The summed E-state index contributed by atoms with van der Waals surface area (Å²) in [5, 5.41) is 0. The van der Waals surface area contributed by atoms with E-state index in [0.29, 0.717) is 39.3 Å². The van der Waals surface area contributed by atoms with Gasteiger partial charge in [0.15, 0.2) is 0 Å². The average Bonchev–Trinajstić information content (AvgIpc) is 2.81. The Kier molecular flexibility index (Phi) is 9.39. The molecule has 6 N–H and O–H groups in total. The van der Waals surface area contributed by atoms with Crippen molar-refractivity contribution in [3.8, 4) is 17.2 Å². The van der Waals surface area contributed by atoms with Gasteiger partial charge in [-0.25, -0.2) is 0 Å². The van der Waals surface area contributed by atoms with Crippen LogP contribution < -0.4 is 42.1 Å². The molecule has 0 saturated carbocycles. The molecule has 3 rings (SSSR count). The summed E-state index contributed by atoms with van der Waals surface area (Å²) in [5.41, 5.74) is 15.6. The van der Waals surface area contributed by atoms with Crippen LogP contribution in [0.2, 0.25) is 0 Å². The maximum absolute atomic E-state index is 12.4. The number of hydrogen-bond acceptors (Lipinski definition) is 9. The molecular weight excluding hydrogens is 547 g/mol. The molecule has 0 radical (unpaired) electrons. The summed E-state index contributed by atoms with van der Waals surface area (Å²) >= 11 is -4.23. The molecule has 0 aliphatic carbocycles. The van der Waals surface area contributed by atoms with Crippen LogP contribution in [0.1, 0.15) is 0 Å². The van der Waals surface area contributed by atoms with E-state index in [1.807, 2.05) is 0 Å². The molecule has 0 bridgehead atoms. The summed E-state index contributed by atoms with van der Waals surface area (Å²) in [6.45, 7) is 2.46. The summed E-state index contributed by atoms with van der Waals surface area (Å²) in [4.78, 5) is 37.3. The Morgan fingerprint density at radius 3 is 1.15 bits per heavy atom. The van der Waals surface area contributed by atoms with Crippen molar-refractivity contribution < 1.29 is 8.56 Å². The number of pyridine rings is 3. The van der Waals surface area contributed by atoms with Crippen molar-refractivity contribution in [2.45, 2.75) is 19.6 Å². The third-order valence-corrected chi connectivity index (χ3v) is 8.48. The minimum atomic E-state index is -4.23. The Balaban J connectivity index is 1.97. The zero-order valence-corrected chi connectivity index (χ0v) is 21.8. The molecule has 13 heteroatoms. The van der Waals surface area contributed by atoms with Crippen molar-refractivity contribution in [3.63, 3.8) is 0 Å². The second kappa shape index (κ2) is 12.5. The number of aromatic nitrogens is 3. The molecule has 0 amide bonds. The molecule has 3 heterocycles. The van der Waals surface area contributed by atoms with Crippen LogP contribution in [0.15, 0.2) is 69.8 Å². The Hall–Kier alpha value is -3.00. The van der Waals surface area contributed by atoms with Gasteiger partial charge in [0.25, 0.3) is 0 Å². The van der Waals surface area contributed by atoms with Gasteiger partial charge in [-0.1, -0.05) is 0 Å². The SMILES string of the molecule is NCCn1ccc(=O)c([O][In]([O]c2cn(CCN)ccc2=O)[O]c2cn(CCN)ccc2=O)c1. The van der Waals surface area contributed by atoms with Gasteiger partial charge in [0, 0.05) is 0 Å². The van der Waals surface area contributed by atoms with E-state index >= 15 is 0 Å². The van der Waals surface area contributed by atoms with Crippen LogP contribution in [-0.2, 0) is 19.6 Å². The van der Waals surface area contributed by atoms with Gasteiger partial charge < -0.3 is 0 Å². The normalized spacial score (nSPS) is 10.7. The minimum absolute atomic E-state index is 0.0202. The van der Waals surface area contributed by atoms with E-state index in [2.05, 4.69) is 0 Å². The van der Waals surface area contributed by atoms with Crippen molar-refractivity contribution in [2.24, 2.45) is 17.2 Å². The first-order valence-corrected chi connectivity index (χ1v) is 14.7. The first-order valence-electron chi connectivity index (χ1n) is 10.6. The second-order valence-corrected chi connectivity index (χ2v) is 10.9. The van der Waals surface area contributed by atoms with Crippen LogP contribution in [0, 0.1) is 0 Å². The first-order chi connectivity index (χ1) is 16.4. The van der Waals surface area contributed by atoms with Crippen molar-refractivity contribution in [2.75, 3.05) is 19.6 Å². The Morgan fingerprint density at radius 2 is 0.882 bits per heavy atom. The van der Waals surface area contributed by atoms with Crippen LogP contribution in [-0.4, -0.2) is 56.1 Å².